The number of anilines is 2. The molecular weight excluding hydrogens is 452 g/mol. The molecule has 0 spiro atoms. The van der Waals surface area contributed by atoms with Gasteiger partial charge >= 0.3 is 0 Å². The summed E-state index contributed by atoms with van der Waals surface area (Å²) < 4.78 is 4.95. The highest BCUT2D eigenvalue weighted by atomic mass is 16.5. The maximum absolute atomic E-state index is 13.4. The molecule has 35 heavy (non-hydrogen) atoms. The second-order valence-corrected chi connectivity index (χ2v) is 9.38. The number of hydrogen-bond acceptors (Lipinski definition) is 7. The van der Waals surface area contributed by atoms with Crippen LogP contribution in [0.25, 0.3) is 0 Å². The van der Waals surface area contributed by atoms with Crippen LogP contribution in [0.2, 0.25) is 0 Å². The molecule has 4 amide bonds. The van der Waals surface area contributed by atoms with Crippen molar-refractivity contribution in [3.63, 3.8) is 0 Å². The monoisotopic (exact) mass is 480 g/mol. The summed E-state index contributed by atoms with van der Waals surface area (Å²) in [4.78, 5) is 58.5. The van der Waals surface area contributed by atoms with Gasteiger partial charge < -0.3 is 19.6 Å². The molecule has 3 aliphatic heterocycles. The summed E-state index contributed by atoms with van der Waals surface area (Å²) in [5.74, 6) is 0.345. The van der Waals surface area contributed by atoms with Gasteiger partial charge in [-0.3, -0.25) is 29.0 Å². The second-order valence-electron chi connectivity index (χ2n) is 9.38. The first-order valence-corrected chi connectivity index (χ1v) is 11.7. The van der Waals surface area contributed by atoms with Gasteiger partial charge in [-0.25, -0.2) is 0 Å². The van der Waals surface area contributed by atoms with E-state index >= 15 is 0 Å². The van der Waals surface area contributed by atoms with E-state index in [0.29, 0.717) is 61.8 Å². The molecule has 0 saturated carbocycles. The third-order valence-corrected chi connectivity index (χ3v) is 7.03. The predicted molar refractivity (Wildman–Crippen MR) is 125 cm³/mol. The number of carbonyl (C=O) groups excluding carboxylic acids is 4. The van der Waals surface area contributed by atoms with Crippen molar-refractivity contribution in [2.24, 2.45) is 0 Å². The molecule has 1 N–H and O–H groups in total. The highest BCUT2D eigenvalue weighted by Gasteiger charge is 2.53. The van der Waals surface area contributed by atoms with Gasteiger partial charge in [0.15, 0.2) is 5.82 Å². The molecule has 2 fully saturated rings. The van der Waals surface area contributed by atoms with Gasteiger partial charge in [0.1, 0.15) is 18.0 Å². The van der Waals surface area contributed by atoms with Gasteiger partial charge in [0.05, 0.1) is 17.8 Å². The number of piperazine rings is 1. The summed E-state index contributed by atoms with van der Waals surface area (Å²) in [6.07, 6.45) is 0.810. The molecule has 1 unspecified atom stereocenters. The number of rotatable bonds is 5. The van der Waals surface area contributed by atoms with E-state index in [1.807, 2.05) is 17.9 Å². The van der Waals surface area contributed by atoms with Gasteiger partial charge in [-0.1, -0.05) is 17.3 Å². The number of fused-ring (bicyclic) bond motifs is 3. The van der Waals surface area contributed by atoms with Crippen LogP contribution in [0.1, 0.15) is 35.9 Å². The normalized spacial score (nSPS) is 22.3. The summed E-state index contributed by atoms with van der Waals surface area (Å²) >= 11 is 0. The summed E-state index contributed by atoms with van der Waals surface area (Å²) in [5.41, 5.74) is 0.183. The lowest BCUT2D eigenvalue weighted by Crippen LogP contribution is -2.64. The minimum absolute atomic E-state index is 0.0439. The molecular formula is C24H28N6O5. The Hall–Kier alpha value is -3.73. The standard InChI is InChI=1S/C24H28N6O5/c1-16-13-19(26-35-16)25-20(31)14-27-9-11-28(12-10-27)22(33)15-29-23(34)17-5-3-4-6-18(17)30-21(32)7-8-24(29,30)2/h3-6,13H,7-12,14-15H2,1-2H3,(H,25,26,31). The van der Waals surface area contributed by atoms with Gasteiger partial charge in [-0.2, -0.15) is 0 Å². The van der Waals surface area contributed by atoms with Crippen molar-refractivity contribution in [1.29, 1.82) is 0 Å². The molecule has 2 saturated heterocycles. The Balaban J connectivity index is 1.21. The molecule has 1 aromatic carbocycles. The lowest BCUT2D eigenvalue weighted by molar-refractivity contribution is -0.135. The fourth-order valence-electron chi connectivity index (χ4n) is 5.14. The first-order valence-electron chi connectivity index (χ1n) is 11.7. The maximum atomic E-state index is 13.4. The van der Waals surface area contributed by atoms with E-state index in [2.05, 4.69) is 10.5 Å². The highest BCUT2D eigenvalue weighted by molar-refractivity contribution is 6.11. The summed E-state index contributed by atoms with van der Waals surface area (Å²) in [7, 11) is 0. The fraction of sp³-hybridized carbons (Fsp3) is 0.458. The molecule has 4 heterocycles. The highest BCUT2D eigenvalue weighted by Crippen LogP contribution is 2.43. The van der Waals surface area contributed by atoms with Crippen molar-refractivity contribution in [3.8, 4) is 0 Å². The molecule has 11 nitrogen and oxygen atoms in total. The Morgan fingerprint density at radius 1 is 1.11 bits per heavy atom. The number of hydrogen-bond donors (Lipinski definition) is 1. The number of benzene rings is 1. The molecule has 3 aliphatic rings. The quantitative estimate of drug-likeness (QED) is 0.680. The molecule has 2 aromatic rings. The van der Waals surface area contributed by atoms with Gasteiger partial charge in [0, 0.05) is 38.7 Å². The van der Waals surface area contributed by atoms with Crippen LogP contribution in [0.15, 0.2) is 34.9 Å². The molecule has 1 atom stereocenters. The third kappa shape index (κ3) is 4.16. The number of aryl methyl sites for hydroxylation is 1. The van der Waals surface area contributed by atoms with Crippen molar-refractivity contribution in [1.82, 2.24) is 19.9 Å². The van der Waals surface area contributed by atoms with E-state index in [-0.39, 0.29) is 36.7 Å². The Morgan fingerprint density at radius 2 is 1.86 bits per heavy atom. The van der Waals surface area contributed by atoms with Crippen LogP contribution < -0.4 is 10.2 Å². The van der Waals surface area contributed by atoms with Crippen molar-refractivity contribution in [3.05, 3.63) is 41.7 Å². The summed E-state index contributed by atoms with van der Waals surface area (Å²) in [5, 5.41) is 6.46. The topological polar surface area (TPSA) is 119 Å². The van der Waals surface area contributed by atoms with E-state index in [1.54, 1.807) is 45.9 Å². The van der Waals surface area contributed by atoms with Crippen LogP contribution in [-0.2, 0) is 14.4 Å². The molecule has 184 valence electrons. The van der Waals surface area contributed by atoms with Gasteiger partial charge in [0.25, 0.3) is 5.91 Å². The van der Waals surface area contributed by atoms with E-state index in [4.69, 9.17) is 4.52 Å². The molecule has 0 radical (unpaired) electrons. The first kappa shape index (κ1) is 23.0. The van der Waals surface area contributed by atoms with Crippen molar-refractivity contribution in [2.75, 3.05) is 49.5 Å². The smallest absolute Gasteiger partial charge is 0.258 e. The minimum Gasteiger partial charge on any atom is -0.360 e. The fourth-order valence-corrected chi connectivity index (χ4v) is 5.14. The van der Waals surface area contributed by atoms with Gasteiger partial charge in [0.2, 0.25) is 17.7 Å². The SMILES string of the molecule is Cc1cc(NC(=O)CN2CCN(C(=O)CN3C(=O)c4ccccc4N4C(=O)CCC34C)CC2)no1. The average molecular weight is 481 g/mol. The molecule has 5 rings (SSSR count). The number of nitrogens with zero attached hydrogens (tertiary/aromatic N) is 5. The minimum atomic E-state index is -0.864. The number of aromatic nitrogens is 1. The van der Waals surface area contributed by atoms with E-state index in [0.717, 1.165) is 0 Å². The van der Waals surface area contributed by atoms with Crippen molar-refractivity contribution < 1.29 is 23.7 Å². The zero-order valence-electron chi connectivity index (χ0n) is 19.8. The van der Waals surface area contributed by atoms with E-state index in [1.165, 1.54) is 0 Å². The molecule has 0 aliphatic carbocycles. The Labute approximate surface area is 202 Å². The third-order valence-electron chi connectivity index (χ3n) is 7.03. The Kier molecular flexibility index (Phi) is 5.79. The lowest BCUT2D eigenvalue weighted by atomic mass is 9.98. The molecule has 11 heteroatoms. The zero-order valence-corrected chi connectivity index (χ0v) is 19.8. The lowest BCUT2D eigenvalue weighted by Gasteiger charge is -2.49. The van der Waals surface area contributed by atoms with Crippen LogP contribution >= 0.6 is 0 Å². The second kappa shape index (κ2) is 8.81. The summed E-state index contributed by atoms with van der Waals surface area (Å²) in [6, 6.07) is 8.70. The first-order chi connectivity index (χ1) is 16.8. The van der Waals surface area contributed by atoms with Gasteiger partial charge in [-0.15, -0.1) is 0 Å². The number of amides is 4. The van der Waals surface area contributed by atoms with Crippen LogP contribution in [-0.4, -0.2) is 88.4 Å². The largest absolute Gasteiger partial charge is 0.360 e. The molecule has 1 aromatic heterocycles. The number of para-hydroxylation sites is 1. The van der Waals surface area contributed by atoms with Crippen molar-refractivity contribution in [2.45, 2.75) is 32.4 Å². The maximum Gasteiger partial charge on any atom is 0.258 e. The zero-order chi connectivity index (χ0) is 24.7. The van der Waals surface area contributed by atoms with E-state index < -0.39 is 5.66 Å². The van der Waals surface area contributed by atoms with Crippen LogP contribution in [0.4, 0.5) is 11.5 Å². The number of nitrogens with one attached hydrogen (secondary N) is 1. The van der Waals surface area contributed by atoms with Gasteiger partial charge in [-0.05, 0) is 32.4 Å². The predicted octanol–water partition coefficient (Wildman–Crippen LogP) is 1.06. The van der Waals surface area contributed by atoms with Crippen molar-refractivity contribution >= 4 is 35.1 Å². The average Bonchev–Trinajstić information content (AvgIpc) is 3.39. The Bertz CT molecular complexity index is 1190. The van der Waals surface area contributed by atoms with Crippen LogP contribution in [0, 0.1) is 6.92 Å². The van der Waals surface area contributed by atoms with Crippen LogP contribution in [0.3, 0.4) is 0 Å². The Morgan fingerprint density at radius 3 is 2.57 bits per heavy atom. The van der Waals surface area contributed by atoms with E-state index in [9.17, 15) is 19.2 Å². The summed E-state index contributed by atoms with van der Waals surface area (Å²) in [6.45, 7) is 5.67. The molecule has 0 bridgehead atoms. The number of carbonyl (C=O) groups is 4. The van der Waals surface area contributed by atoms with Crippen LogP contribution in [0.5, 0.6) is 0 Å².